The Morgan fingerprint density at radius 3 is 3.16 bits per heavy atom. The smallest absolute Gasteiger partial charge is 0.237 e. The van der Waals surface area contributed by atoms with Gasteiger partial charge in [0.1, 0.15) is 5.82 Å². The van der Waals surface area contributed by atoms with Crippen molar-refractivity contribution in [3.05, 3.63) is 29.6 Å². The Balaban J connectivity index is 2.11. The molecule has 104 valence electrons. The first-order chi connectivity index (χ1) is 9.11. The van der Waals surface area contributed by atoms with Gasteiger partial charge in [0.15, 0.2) is 0 Å². The number of carbonyl (C=O) groups is 1. The molecule has 19 heavy (non-hydrogen) atoms. The topological polar surface area (TPSA) is 55.1 Å². The lowest BCUT2D eigenvalue weighted by Gasteiger charge is -2.27. The number of nitrogens with two attached hydrogens (primary N) is 1. The van der Waals surface area contributed by atoms with Crippen LogP contribution in [0.5, 0.6) is 0 Å². The van der Waals surface area contributed by atoms with Crippen LogP contribution in [-0.2, 0) is 4.79 Å². The molecule has 1 aromatic carbocycles. The molecule has 0 radical (unpaired) electrons. The Morgan fingerprint density at radius 2 is 2.42 bits per heavy atom. The summed E-state index contributed by atoms with van der Waals surface area (Å²) in [7, 11) is 0. The molecule has 0 aliphatic carbocycles. The van der Waals surface area contributed by atoms with Crippen LogP contribution >= 0.6 is 11.8 Å². The fourth-order valence-electron chi connectivity index (χ4n) is 2.24. The van der Waals surface area contributed by atoms with E-state index in [2.05, 4.69) is 5.32 Å². The van der Waals surface area contributed by atoms with Gasteiger partial charge in [0.25, 0.3) is 0 Å². The average molecular weight is 282 g/mol. The lowest BCUT2D eigenvalue weighted by molar-refractivity contribution is -0.123. The molecule has 0 aromatic heterocycles. The summed E-state index contributed by atoms with van der Waals surface area (Å²) in [6, 6.07) is 4.15. The Morgan fingerprint density at radius 1 is 1.63 bits per heavy atom. The van der Waals surface area contributed by atoms with E-state index in [4.69, 9.17) is 5.73 Å². The summed E-state index contributed by atoms with van der Waals surface area (Å²) in [5.41, 5.74) is 6.67. The Bertz CT molecular complexity index is 467. The number of carbonyl (C=O) groups excluding carboxylic acids is 1. The second kappa shape index (κ2) is 6.39. The predicted octanol–water partition coefficient (Wildman–Crippen LogP) is 2.61. The van der Waals surface area contributed by atoms with Crippen molar-refractivity contribution in [2.24, 2.45) is 5.73 Å². The maximum atomic E-state index is 13.3. The first-order valence-corrected chi connectivity index (χ1v) is 7.58. The number of thioether (sulfide) groups is 1. The van der Waals surface area contributed by atoms with Gasteiger partial charge in [-0.25, -0.2) is 4.39 Å². The van der Waals surface area contributed by atoms with Gasteiger partial charge < -0.3 is 11.1 Å². The zero-order valence-corrected chi connectivity index (χ0v) is 11.8. The van der Waals surface area contributed by atoms with Crippen molar-refractivity contribution in [2.75, 3.05) is 5.75 Å². The SMILES string of the molecule is CCCC(N)C(=O)NC1CCSc2ccc(F)cc21. The summed E-state index contributed by atoms with van der Waals surface area (Å²) in [5.74, 6) is 0.513. The Labute approximate surface area is 117 Å². The van der Waals surface area contributed by atoms with Gasteiger partial charge >= 0.3 is 0 Å². The fourth-order valence-corrected chi connectivity index (χ4v) is 3.34. The van der Waals surface area contributed by atoms with E-state index in [0.29, 0.717) is 6.42 Å². The second-order valence-electron chi connectivity index (χ2n) is 4.78. The van der Waals surface area contributed by atoms with Crippen LogP contribution in [-0.4, -0.2) is 17.7 Å². The average Bonchev–Trinajstić information content (AvgIpc) is 2.39. The van der Waals surface area contributed by atoms with Crippen LogP contribution in [0.25, 0.3) is 0 Å². The molecule has 1 aliphatic heterocycles. The maximum absolute atomic E-state index is 13.3. The van der Waals surface area contributed by atoms with E-state index < -0.39 is 6.04 Å². The minimum atomic E-state index is -0.475. The van der Waals surface area contributed by atoms with Crippen molar-refractivity contribution >= 4 is 17.7 Å². The summed E-state index contributed by atoms with van der Waals surface area (Å²) in [6.07, 6.45) is 2.36. The molecule has 0 fully saturated rings. The van der Waals surface area contributed by atoms with E-state index in [1.165, 1.54) is 12.1 Å². The number of amides is 1. The zero-order valence-electron chi connectivity index (χ0n) is 11.0. The van der Waals surface area contributed by atoms with Crippen LogP contribution < -0.4 is 11.1 Å². The fraction of sp³-hybridized carbons (Fsp3) is 0.500. The van der Waals surface area contributed by atoms with Crippen LogP contribution in [0.3, 0.4) is 0 Å². The van der Waals surface area contributed by atoms with Crippen molar-refractivity contribution < 1.29 is 9.18 Å². The van der Waals surface area contributed by atoms with Gasteiger partial charge in [-0.2, -0.15) is 0 Å². The summed E-state index contributed by atoms with van der Waals surface area (Å²) < 4.78 is 13.3. The van der Waals surface area contributed by atoms with Crippen LogP contribution in [0.15, 0.2) is 23.1 Å². The Kier molecular flexibility index (Phi) is 4.82. The summed E-state index contributed by atoms with van der Waals surface area (Å²) in [4.78, 5) is 13.0. The van der Waals surface area contributed by atoms with E-state index in [9.17, 15) is 9.18 Å². The van der Waals surface area contributed by atoms with Crippen molar-refractivity contribution in [1.82, 2.24) is 5.32 Å². The first kappa shape index (κ1) is 14.3. The second-order valence-corrected chi connectivity index (χ2v) is 5.91. The molecule has 1 aromatic rings. The molecule has 2 rings (SSSR count). The number of nitrogens with one attached hydrogen (secondary N) is 1. The van der Waals surface area contributed by atoms with Crippen molar-refractivity contribution in [1.29, 1.82) is 0 Å². The third-order valence-electron chi connectivity index (χ3n) is 3.26. The Hall–Kier alpha value is -1.07. The highest BCUT2D eigenvalue weighted by Crippen LogP contribution is 2.36. The van der Waals surface area contributed by atoms with Crippen LogP contribution in [0.2, 0.25) is 0 Å². The molecule has 2 unspecified atom stereocenters. The van der Waals surface area contributed by atoms with E-state index in [-0.39, 0.29) is 17.8 Å². The molecule has 1 amide bonds. The molecule has 0 spiro atoms. The molecule has 1 aliphatic rings. The van der Waals surface area contributed by atoms with Gasteiger partial charge in [-0.05, 0) is 36.6 Å². The molecular weight excluding hydrogens is 263 g/mol. The normalized spacial score (nSPS) is 19.6. The number of fused-ring (bicyclic) bond motifs is 1. The molecule has 3 N–H and O–H groups in total. The number of halogens is 1. The molecule has 0 saturated carbocycles. The monoisotopic (exact) mass is 282 g/mol. The number of hydrogen-bond acceptors (Lipinski definition) is 3. The minimum absolute atomic E-state index is 0.123. The van der Waals surface area contributed by atoms with E-state index in [0.717, 1.165) is 29.1 Å². The zero-order chi connectivity index (χ0) is 13.8. The maximum Gasteiger partial charge on any atom is 0.237 e. The summed E-state index contributed by atoms with van der Waals surface area (Å²) in [6.45, 7) is 2.00. The first-order valence-electron chi connectivity index (χ1n) is 6.60. The van der Waals surface area contributed by atoms with Gasteiger partial charge in [-0.3, -0.25) is 4.79 Å². The van der Waals surface area contributed by atoms with Crippen molar-refractivity contribution in [3.63, 3.8) is 0 Å². The highest BCUT2D eigenvalue weighted by atomic mass is 32.2. The van der Waals surface area contributed by atoms with Gasteiger partial charge in [0.2, 0.25) is 5.91 Å². The van der Waals surface area contributed by atoms with Crippen LogP contribution in [0.1, 0.15) is 37.8 Å². The summed E-state index contributed by atoms with van der Waals surface area (Å²) >= 11 is 1.70. The van der Waals surface area contributed by atoms with Crippen LogP contribution in [0, 0.1) is 5.82 Å². The molecule has 0 saturated heterocycles. The number of benzene rings is 1. The lowest BCUT2D eigenvalue weighted by atomic mass is 10.0. The predicted molar refractivity (Wildman–Crippen MR) is 75.5 cm³/mol. The molecule has 2 atom stereocenters. The molecule has 5 heteroatoms. The quantitative estimate of drug-likeness (QED) is 0.892. The van der Waals surface area contributed by atoms with Crippen LogP contribution in [0.4, 0.5) is 4.39 Å². The highest BCUT2D eigenvalue weighted by Gasteiger charge is 2.24. The number of hydrogen-bond donors (Lipinski definition) is 2. The van der Waals surface area contributed by atoms with E-state index in [1.54, 1.807) is 17.8 Å². The largest absolute Gasteiger partial charge is 0.348 e. The number of rotatable bonds is 4. The summed E-state index contributed by atoms with van der Waals surface area (Å²) in [5, 5.41) is 2.94. The van der Waals surface area contributed by atoms with Crippen molar-refractivity contribution in [3.8, 4) is 0 Å². The van der Waals surface area contributed by atoms with Gasteiger partial charge in [0.05, 0.1) is 12.1 Å². The molecule has 1 heterocycles. The van der Waals surface area contributed by atoms with Gasteiger partial charge in [-0.1, -0.05) is 13.3 Å². The van der Waals surface area contributed by atoms with E-state index >= 15 is 0 Å². The standard InChI is InChI=1S/C14H19FN2OS/c1-2-3-11(16)14(18)17-12-6-7-19-13-5-4-9(15)8-10(12)13/h4-5,8,11-12H,2-3,6-7,16H2,1H3,(H,17,18). The third kappa shape index (κ3) is 3.48. The molecule has 3 nitrogen and oxygen atoms in total. The lowest BCUT2D eigenvalue weighted by Crippen LogP contribution is -2.42. The van der Waals surface area contributed by atoms with Gasteiger partial charge in [-0.15, -0.1) is 11.8 Å². The minimum Gasteiger partial charge on any atom is -0.348 e. The van der Waals surface area contributed by atoms with E-state index in [1.807, 2.05) is 6.92 Å². The molecular formula is C14H19FN2OS. The highest BCUT2D eigenvalue weighted by molar-refractivity contribution is 7.99. The van der Waals surface area contributed by atoms with Crippen molar-refractivity contribution in [2.45, 2.75) is 43.2 Å². The van der Waals surface area contributed by atoms with Gasteiger partial charge in [0, 0.05) is 10.6 Å². The third-order valence-corrected chi connectivity index (χ3v) is 4.39. The molecule has 0 bridgehead atoms.